The molecule has 0 rings (SSSR count). The van der Waals surface area contributed by atoms with Crippen molar-refractivity contribution in [2.24, 2.45) is 0 Å². The van der Waals surface area contributed by atoms with Crippen molar-refractivity contribution in [3.63, 3.8) is 0 Å². The standard InChI is InChI=1S/C12H26S.C4H10S/c1-2-3-4-5-6-7-8-9-10-11-12-13;1-2-3-4-5/h13H,2-12H2,1H3;5H,2-4H2,1H3. The monoisotopic (exact) mass is 292 g/mol. The maximum absolute atomic E-state index is 4.20. The number of hydrogen-bond acceptors (Lipinski definition) is 2. The SMILES string of the molecule is CCCCCCCCCCCCS.CCCCS. The minimum atomic E-state index is 1.04. The lowest BCUT2D eigenvalue weighted by molar-refractivity contribution is 0.563. The number of rotatable bonds is 12. The van der Waals surface area contributed by atoms with E-state index in [9.17, 15) is 0 Å². The topological polar surface area (TPSA) is 0 Å². The fourth-order valence-corrected chi connectivity index (χ4v) is 2.30. The normalized spacial score (nSPS) is 10.0. The first-order valence-electron chi connectivity index (χ1n) is 8.05. The maximum atomic E-state index is 4.20. The lowest BCUT2D eigenvalue weighted by atomic mass is 10.1. The van der Waals surface area contributed by atoms with Crippen molar-refractivity contribution in [2.45, 2.75) is 90.9 Å². The van der Waals surface area contributed by atoms with Gasteiger partial charge in [0.25, 0.3) is 0 Å². The van der Waals surface area contributed by atoms with E-state index in [-0.39, 0.29) is 0 Å². The van der Waals surface area contributed by atoms with Gasteiger partial charge in [0.1, 0.15) is 0 Å². The van der Waals surface area contributed by atoms with E-state index in [4.69, 9.17) is 0 Å². The first kappa shape index (κ1) is 21.0. The van der Waals surface area contributed by atoms with Crippen molar-refractivity contribution < 1.29 is 0 Å². The van der Waals surface area contributed by atoms with Crippen LogP contribution in [0, 0.1) is 0 Å². The molecule has 0 saturated carbocycles. The fraction of sp³-hybridized carbons (Fsp3) is 1.00. The fourth-order valence-electron chi connectivity index (χ4n) is 1.76. The zero-order chi connectivity index (χ0) is 13.9. The summed E-state index contributed by atoms with van der Waals surface area (Å²) >= 11 is 8.20. The van der Waals surface area contributed by atoms with E-state index in [0.717, 1.165) is 11.5 Å². The third-order valence-electron chi connectivity index (χ3n) is 3.02. The van der Waals surface area contributed by atoms with Gasteiger partial charge < -0.3 is 0 Å². The highest BCUT2D eigenvalue weighted by Crippen LogP contribution is 2.10. The Morgan fingerprint density at radius 1 is 0.444 bits per heavy atom. The maximum Gasteiger partial charge on any atom is -0.00979 e. The molecule has 0 fully saturated rings. The Balaban J connectivity index is 0. The van der Waals surface area contributed by atoms with Gasteiger partial charge in [-0.25, -0.2) is 0 Å². The molecule has 0 radical (unpaired) electrons. The van der Waals surface area contributed by atoms with E-state index >= 15 is 0 Å². The van der Waals surface area contributed by atoms with Gasteiger partial charge >= 0.3 is 0 Å². The molecular formula is C16H36S2. The van der Waals surface area contributed by atoms with Gasteiger partial charge in [-0.2, -0.15) is 25.3 Å². The third kappa shape index (κ3) is 25.5. The zero-order valence-corrected chi connectivity index (χ0v) is 14.6. The molecule has 0 aliphatic rings. The van der Waals surface area contributed by atoms with Crippen molar-refractivity contribution in [3.05, 3.63) is 0 Å². The lowest BCUT2D eigenvalue weighted by Crippen LogP contribution is -1.81. The smallest absolute Gasteiger partial charge is 0.00979 e. The Hall–Kier alpha value is 0.700. The predicted molar refractivity (Wildman–Crippen MR) is 94.5 cm³/mol. The van der Waals surface area contributed by atoms with Gasteiger partial charge in [-0.3, -0.25) is 0 Å². The van der Waals surface area contributed by atoms with Gasteiger partial charge in [0, 0.05) is 0 Å². The Morgan fingerprint density at radius 2 is 0.778 bits per heavy atom. The van der Waals surface area contributed by atoms with E-state index in [1.807, 2.05) is 0 Å². The molecule has 0 heterocycles. The van der Waals surface area contributed by atoms with Crippen LogP contribution in [0.3, 0.4) is 0 Å². The summed E-state index contributed by atoms with van der Waals surface area (Å²) in [6.45, 7) is 4.44. The van der Waals surface area contributed by atoms with Crippen molar-refractivity contribution in [1.82, 2.24) is 0 Å². The molecule has 0 aromatic rings. The van der Waals surface area contributed by atoms with E-state index in [1.54, 1.807) is 0 Å². The second kappa shape index (κ2) is 22.8. The summed E-state index contributed by atoms with van der Waals surface area (Å²) in [5.74, 6) is 2.10. The highest BCUT2D eigenvalue weighted by Gasteiger charge is 1.91. The van der Waals surface area contributed by atoms with Gasteiger partial charge in [-0.05, 0) is 24.3 Å². The van der Waals surface area contributed by atoms with Crippen LogP contribution in [-0.2, 0) is 0 Å². The molecular weight excluding hydrogens is 256 g/mol. The first-order chi connectivity index (χ1) is 8.83. The molecule has 0 atom stereocenters. The second-order valence-corrected chi connectivity index (χ2v) is 5.88. The lowest BCUT2D eigenvalue weighted by Gasteiger charge is -2.00. The van der Waals surface area contributed by atoms with E-state index < -0.39 is 0 Å². The van der Waals surface area contributed by atoms with Crippen LogP contribution in [0.15, 0.2) is 0 Å². The number of thiol groups is 2. The van der Waals surface area contributed by atoms with Crippen LogP contribution in [0.1, 0.15) is 90.9 Å². The quantitative estimate of drug-likeness (QED) is 0.295. The highest BCUT2D eigenvalue weighted by molar-refractivity contribution is 7.80. The van der Waals surface area contributed by atoms with E-state index in [2.05, 4.69) is 39.1 Å². The molecule has 0 N–H and O–H groups in total. The van der Waals surface area contributed by atoms with Gasteiger partial charge in [0.2, 0.25) is 0 Å². The predicted octanol–water partition coefficient (Wildman–Crippen LogP) is 6.55. The molecule has 0 amide bonds. The van der Waals surface area contributed by atoms with Crippen LogP contribution in [0.5, 0.6) is 0 Å². The minimum Gasteiger partial charge on any atom is -0.179 e. The summed E-state index contributed by atoms with van der Waals surface area (Å²) in [7, 11) is 0. The third-order valence-corrected chi connectivity index (χ3v) is 3.66. The molecule has 0 saturated heterocycles. The Morgan fingerprint density at radius 3 is 1.06 bits per heavy atom. The molecule has 0 unspecified atom stereocenters. The molecule has 112 valence electrons. The summed E-state index contributed by atoms with van der Waals surface area (Å²) in [6.07, 6.45) is 16.7. The number of hydrogen-bond donors (Lipinski definition) is 2. The van der Waals surface area contributed by atoms with Gasteiger partial charge in [-0.1, -0.05) is 78.1 Å². The van der Waals surface area contributed by atoms with E-state index in [0.29, 0.717) is 0 Å². The molecule has 0 aromatic heterocycles. The molecule has 2 heteroatoms. The van der Waals surface area contributed by atoms with Crippen LogP contribution in [-0.4, -0.2) is 11.5 Å². The molecule has 18 heavy (non-hydrogen) atoms. The average Bonchev–Trinajstić information content (AvgIpc) is 2.39. The van der Waals surface area contributed by atoms with Crippen LogP contribution in [0.25, 0.3) is 0 Å². The largest absolute Gasteiger partial charge is 0.179 e. The van der Waals surface area contributed by atoms with Crippen molar-refractivity contribution >= 4 is 25.3 Å². The van der Waals surface area contributed by atoms with Crippen molar-refractivity contribution in [2.75, 3.05) is 11.5 Å². The summed E-state index contributed by atoms with van der Waals surface area (Å²) in [4.78, 5) is 0. The van der Waals surface area contributed by atoms with Crippen LogP contribution in [0.2, 0.25) is 0 Å². The molecule has 0 aliphatic carbocycles. The number of unbranched alkanes of at least 4 members (excludes halogenated alkanes) is 10. The summed E-state index contributed by atoms with van der Waals surface area (Å²) in [5, 5.41) is 0. The minimum absolute atomic E-state index is 1.04. The Bertz CT molecular complexity index is 104. The van der Waals surface area contributed by atoms with Crippen LogP contribution >= 0.6 is 25.3 Å². The molecule has 0 aromatic carbocycles. The summed E-state index contributed by atoms with van der Waals surface area (Å²) in [6, 6.07) is 0. The zero-order valence-electron chi connectivity index (χ0n) is 12.8. The molecule has 0 spiro atoms. The summed E-state index contributed by atoms with van der Waals surface area (Å²) < 4.78 is 0. The van der Waals surface area contributed by atoms with Crippen LogP contribution < -0.4 is 0 Å². The van der Waals surface area contributed by atoms with Crippen LogP contribution in [0.4, 0.5) is 0 Å². The van der Waals surface area contributed by atoms with Gasteiger partial charge in [0.05, 0.1) is 0 Å². The second-order valence-electron chi connectivity index (χ2n) is 4.98. The average molecular weight is 293 g/mol. The Kier molecular flexibility index (Phi) is 26.7. The molecule has 0 nitrogen and oxygen atoms in total. The Labute approximate surface area is 128 Å². The van der Waals surface area contributed by atoms with Gasteiger partial charge in [-0.15, -0.1) is 0 Å². The summed E-state index contributed by atoms with van der Waals surface area (Å²) in [5.41, 5.74) is 0. The van der Waals surface area contributed by atoms with Crippen molar-refractivity contribution in [1.29, 1.82) is 0 Å². The van der Waals surface area contributed by atoms with Gasteiger partial charge in [0.15, 0.2) is 0 Å². The molecule has 0 aliphatic heterocycles. The van der Waals surface area contributed by atoms with Crippen molar-refractivity contribution in [3.8, 4) is 0 Å². The molecule has 0 bridgehead atoms. The van der Waals surface area contributed by atoms with E-state index in [1.165, 1.54) is 77.0 Å². The first-order valence-corrected chi connectivity index (χ1v) is 9.31. The highest BCUT2D eigenvalue weighted by atomic mass is 32.1.